The molecule has 2 heteroatoms. The first kappa shape index (κ1) is 16.0. The van der Waals surface area contributed by atoms with Crippen molar-refractivity contribution >= 4 is 0 Å². The van der Waals surface area contributed by atoms with Gasteiger partial charge in [0.1, 0.15) is 0 Å². The number of hydrogen-bond donors (Lipinski definition) is 1. The maximum Gasteiger partial charge on any atom is 0.0540 e. The molecule has 0 amide bonds. The lowest BCUT2D eigenvalue weighted by Crippen LogP contribution is -2.43. The van der Waals surface area contributed by atoms with Crippen molar-refractivity contribution in [1.29, 1.82) is 0 Å². The average molecular weight is 255 g/mol. The number of unbranched alkanes of at least 4 members (excludes halogenated alkanes) is 1. The van der Waals surface area contributed by atoms with Gasteiger partial charge in [0.2, 0.25) is 0 Å². The summed E-state index contributed by atoms with van der Waals surface area (Å²) >= 11 is 0. The van der Waals surface area contributed by atoms with Crippen molar-refractivity contribution in [2.24, 2.45) is 5.92 Å². The van der Waals surface area contributed by atoms with Gasteiger partial charge in [0.25, 0.3) is 0 Å². The van der Waals surface area contributed by atoms with Gasteiger partial charge in [-0.3, -0.25) is 0 Å². The minimum absolute atomic E-state index is 0.0581. The molecule has 1 fully saturated rings. The molecule has 108 valence electrons. The second-order valence-corrected chi connectivity index (χ2v) is 6.28. The summed E-state index contributed by atoms with van der Waals surface area (Å²) in [6.07, 6.45) is 9.62. The Morgan fingerprint density at radius 1 is 1.17 bits per heavy atom. The third-order valence-corrected chi connectivity index (χ3v) is 4.29. The predicted molar refractivity (Wildman–Crippen MR) is 78.8 cm³/mol. The molecule has 1 aliphatic heterocycles. The monoisotopic (exact) mass is 255 g/mol. The van der Waals surface area contributed by atoms with Crippen LogP contribution in [-0.2, 0) is 0 Å². The molecule has 1 aliphatic rings. The molecule has 18 heavy (non-hydrogen) atoms. The molecule has 0 saturated carbocycles. The van der Waals surface area contributed by atoms with Gasteiger partial charge < -0.3 is 10.0 Å². The molecule has 0 bridgehead atoms. The van der Waals surface area contributed by atoms with Gasteiger partial charge in [-0.25, -0.2) is 0 Å². The maximum absolute atomic E-state index is 9.71. The largest absolute Gasteiger partial charge is 0.393 e. The smallest absolute Gasteiger partial charge is 0.0540 e. The predicted octanol–water partition coefficient (Wildman–Crippen LogP) is 3.83. The Labute approximate surface area is 114 Å². The lowest BCUT2D eigenvalue weighted by molar-refractivity contribution is 0.105. The van der Waals surface area contributed by atoms with E-state index in [4.69, 9.17) is 0 Å². The summed E-state index contributed by atoms with van der Waals surface area (Å²) in [6, 6.07) is 0.805. The quantitative estimate of drug-likeness (QED) is 0.666. The minimum Gasteiger partial charge on any atom is -0.393 e. The van der Waals surface area contributed by atoms with Crippen LogP contribution in [0.2, 0.25) is 0 Å². The third kappa shape index (κ3) is 5.71. The first-order valence-corrected chi connectivity index (χ1v) is 8.07. The minimum atomic E-state index is -0.0581. The van der Waals surface area contributed by atoms with Gasteiger partial charge >= 0.3 is 0 Å². The van der Waals surface area contributed by atoms with Crippen LogP contribution in [0.4, 0.5) is 0 Å². The Balaban J connectivity index is 2.16. The van der Waals surface area contributed by atoms with E-state index in [1.165, 1.54) is 45.2 Å². The summed E-state index contributed by atoms with van der Waals surface area (Å²) in [4.78, 5) is 2.69. The lowest BCUT2D eigenvalue weighted by atomic mass is 9.92. The average Bonchev–Trinajstić information content (AvgIpc) is 2.35. The van der Waals surface area contributed by atoms with Crippen LogP contribution < -0.4 is 0 Å². The van der Waals surface area contributed by atoms with Crippen molar-refractivity contribution in [3.05, 3.63) is 0 Å². The van der Waals surface area contributed by atoms with E-state index in [-0.39, 0.29) is 6.10 Å². The number of aliphatic hydroxyl groups excluding tert-OH is 1. The van der Waals surface area contributed by atoms with Crippen LogP contribution >= 0.6 is 0 Å². The van der Waals surface area contributed by atoms with Crippen molar-refractivity contribution in [2.45, 2.75) is 84.3 Å². The molecular weight excluding hydrogens is 222 g/mol. The number of piperidine rings is 1. The zero-order valence-electron chi connectivity index (χ0n) is 12.7. The fourth-order valence-corrected chi connectivity index (χ4v) is 3.22. The van der Waals surface area contributed by atoms with E-state index in [2.05, 4.69) is 25.7 Å². The van der Waals surface area contributed by atoms with Crippen LogP contribution in [0.15, 0.2) is 0 Å². The topological polar surface area (TPSA) is 23.5 Å². The molecular formula is C16H33NO. The first-order chi connectivity index (χ1) is 8.65. The molecule has 1 rings (SSSR count). The highest BCUT2D eigenvalue weighted by Gasteiger charge is 2.24. The van der Waals surface area contributed by atoms with E-state index in [1.54, 1.807) is 0 Å². The molecule has 0 aromatic carbocycles. The van der Waals surface area contributed by atoms with Crippen molar-refractivity contribution < 1.29 is 5.11 Å². The summed E-state index contributed by atoms with van der Waals surface area (Å²) in [7, 11) is 0. The normalized spacial score (nSPS) is 23.5. The van der Waals surface area contributed by atoms with E-state index in [1.807, 2.05) is 0 Å². The standard InChI is InChI=1S/C16H33NO/c1-4-9-15(18)10-5-7-12-17-13-8-6-11-16(17)14(2)3/h14-16,18H,4-13H2,1-3H3. The molecule has 2 atom stereocenters. The van der Waals surface area contributed by atoms with Crippen LogP contribution in [-0.4, -0.2) is 35.2 Å². The van der Waals surface area contributed by atoms with Gasteiger partial charge in [0, 0.05) is 6.04 Å². The van der Waals surface area contributed by atoms with E-state index >= 15 is 0 Å². The molecule has 1 saturated heterocycles. The Bertz CT molecular complexity index is 205. The number of aliphatic hydroxyl groups is 1. The van der Waals surface area contributed by atoms with Gasteiger partial charge in [0.05, 0.1) is 6.10 Å². The van der Waals surface area contributed by atoms with Gasteiger partial charge in [0.15, 0.2) is 0 Å². The molecule has 1 N–H and O–H groups in total. The van der Waals surface area contributed by atoms with E-state index in [0.29, 0.717) is 0 Å². The van der Waals surface area contributed by atoms with Gasteiger partial charge in [-0.2, -0.15) is 0 Å². The maximum atomic E-state index is 9.71. The summed E-state index contributed by atoms with van der Waals surface area (Å²) in [5.41, 5.74) is 0. The fraction of sp³-hybridized carbons (Fsp3) is 1.00. The molecule has 2 nitrogen and oxygen atoms in total. The highest BCUT2D eigenvalue weighted by molar-refractivity contribution is 4.79. The van der Waals surface area contributed by atoms with Crippen LogP contribution in [0.5, 0.6) is 0 Å². The third-order valence-electron chi connectivity index (χ3n) is 4.29. The summed E-state index contributed by atoms with van der Waals surface area (Å²) < 4.78 is 0. The summed E-state index contributed by atoms with van der Waals surface area (Å²) in [5, 5.41) is 9.71. The number of likely N-dealkylation sites (tertiary alicyclic amines) is 1. The number of rotatable bonds is 8. The second kappa shape index (κ2) is 8.92. The highest BCUT2D eigenvalue weighted by Crippen LogP contribution is 2.23. The Morgan fingerprint density at radius 2 is 1.94 bits per heavy atom. The SMILES string of the molecule is CCCC(O)CCCCN1CCCCC1C(C)C. The van der Waals surface area contributed by atoms with Crippen LogP contribution in [0, 0.1) is 5.92 Å². The molecule has 1 heterocycles. The molecule has 0 radical (unpaired) electrons. The van der Waals surface area contributed by atoms with Crippen molar-refractivity contribution in [3.63, 3.8) is 0 Å². The van der Waals surface area contributed by atoms with Crippen LogP contribution in [0.1, 0.15) is 72.1 Å². The molecule has 0 aromatic rings. The van der Waals surface area contributed by atoms with Crippen LogP contribution in [0.25, 0.3) is 0 Å². The van der Waals surface area contributed by atoms with E-state index in [0.717, 1.165) is 31.2 Å². The summed E-state index contributed by atoms with van der Waals surface area (Å²) in [6.45, 7) is 9.38. The number of hydrogen-bond acceptors (Lipinski definition) is 2. The van der Waals surface area contributed by atoms with Crippen molar-refractivity contribution in [3.8, 4) is 0 Å². The zero-order chi connectivity index (χ0) is 13.4. The Hall–Kier alpha value is -0.0800. The first-order valence-electron chi connectivity index (χ1n) is 8.07. The van der Waals surface area contributed by atoms with Gasteiger partial charge in [-0.05, 0) is 57.5 Å². The van der Waals surface area contributed by atoms with Crippen molar-refractivity contribution in [1.82, 2.24) is 4.90 Å². The Kier molecular flexibility index (Phi) is 7.92. The molecule has 0 spiro atoms. The van der Waals surface area contributed by atoms with E-state index in [9.17, 15) is 5.11 Å². The lowest BCUT2D eigenvalue weighted by Gasteiger charge is -2.38. The zero-order valence-corrected chi connectivity index (χ0v) is 12.7. The van der Waals surface area contributed by atoms with E-state index < -0.39 is 0 Å². The summed E-state index contributed by atoms with van der Waals surface area (Å²) in [5.74, 6) is 0.788. The fourth-order valence-electron chi connectivity index (χ4n) is 3.22. The van der Waals surface area contributed by atoms with Gasteiger partial charge in [-0.1, -0.05) is 33.6 Å². The van der Waals surface area contributed by atoms with Crippen LogP contribution in [0.3, 0.4) is 0 Å². The highest BCUT2D eigenvalue weighted by atomic mass is 16.3. The van der Waals surface area contributed by atoms with Gasteiger partial charge in [-0.15, -0.1) is 0 Å². The Morgan fingerprint density at radius 3 is 2.61 bits per heavy atom. The second-order valence-electron chi connectivity index (χ2n) is 6.28. The molecule has 0 aliphatic carbocycles. The number of nitrogens with zero attached hydrogens (tertiary/aromatic N) is 1. The molecule has 0 aromatic heterocycles. The van der Waals surface area contributed by atoms with Crippen molar-refractivity contribution in [2.75, 3.05) is 13.1 Å². The molecule has 2 unspecified atom stereocenters.